The lowest BCUT2D eigenvalue weighted by Crippen LogP contribution is -2.38. The number of thiophene rings is 1. The molecule has 1 fully saturated rings. The second-order valence-electron chi connectivity index (χ2n) is 9.98. The summed E-state index contributed by atoms with van der Waals surface area (Å²) >= 11 is 1.54. The molecule has 0 radical (unpaired) electrons. The van der Waals surface area contributed by atoms with Crippen molar-refractivity contribution >= 4 is 22.2 Å². The lowest BCUT2D eigenvalue weighted by Gasteiger charge is -2.38. The molecule has 204 valence electrons. The standard InChI is InChI=1S/C31H32F2N2O3S/c1-20-21(2)39-30(34-29(36)26-9-6-18-37-26)27(20)28(24-10-12-25(13-11-24)38-31(32)33)35-16-14-23(15-17-35)19-22-7-4-3-5-8-22/h3-13,18,23,28,31H,14-17,19H2,1-2H3,(H,34,36)/t28-/m1/s1. The molecular weight excluding hydrogens is 518 g/mol. The number of aryl methyl sites for hydroxylation is 1. The summed E-state index contributed by atoms with van der Waals surface area (Å²) in [5.41, 5.74) is 4.46. The molecule has 1 atom stereocenters. The van der Waals surface area contributed by atoms with Gasteiger partial charge < -0.3 is 14.5 Å². The van der Waals surface area contributed by atoms with E-state index >= 15 is 0 Å². The molecule has 0 spiro atoms. The van der Waals surface area contributed by atoms with Crippen molar-refractivity contribution in [1.29, 1.82) is 0 Å². The van der Waals surface area contributed by atoms with Gasteiger partial charge in [0.2, 0.25) is 0 Å². The number of nitrogens with one attached hydrogen (secondary N) is 1. The number of benzene rings is 2. The highest BCUT2D eigenvalue weighted by Gasteiger charge is 2.32. The van der Waals surface area contributed by atoms with Crippen molar-refractivity contribution in [2.75, 3.05) is 18.4 Å². The van der Waals surface area contributed by atoms with Crippen LogP contribution >= 0.6 is 11.3 Å². The topological polar surface area (TPSA) is 54.7 Å². The van der Waals surface area contributed by atoms with E-state index in [1.54, 1.807) is 35.6 Å². The molecule has 1 N–H and O–H groups in total. The van der Waals surface area contributed by atoms with Crippen molar-refractivity contribution in [3.8, 4) is 5.75 Å². The molecule has 1 aliphatic heterocycles. The van der Waals surface area contributed by atoms with Crippen LogP contribution in [0.25, 0.3) is 0 Å². The van der Waals surface area contributed by atoms with Crippen LogP contribution in [0.1, 0.15) is 56.6 Å². The van der Waals surface area contributed by atoms with E-state index in [9.17, 15) is 13.6 Å². The number of halogens is 2. The monoisotopic (exact) mass is 550 g/mol. The fraction of sp³-hybridized carbons (Fsp3) is 0.323. The molecule has 8 heteroatoms. The summed E-state index contributed by atoms with van der Waals surface area (Å²) in [7, 11) is 0. The summed E-state index contributed by atoms with van der Waals surface area (Å²) in [6, 6.07) is 20.6. The number of likely N-dealkylation sites (tertiary alicyclic amines) is 1. The zero-order chi connectivity index (χ0) is 27.4. The minimum Gasteiger partial charge on any atom is -0.459 e. The Balaban J connectivity index is 1.45. The molecule has 0 bridgehead atoms. The van der Waals surface area contributed by atoms with Gasteiger partial charge in [0.25, 0.3) is 5.91 Å². The van der Waals surface area contributed by atoms with E-state index < -0.39 is 6.61 Å². The number of carbonyl (C=O) groups is 1. The van der Waals surface area contributed by atoms with Crippen molar-refractivity contribution in [1.82, 2.24) is 4.90 Å². The van der Waals surface area contributed by atoms with Gasteiger partial charge in [-0.1, -0.05) is 42.5 Å². The van der Waals surface area contributed by atoms with E-state index in [0.717, 1.165) is 58.9 Å². The number of amides is 1. The predicted octanol–water partition coefficient (Wildman–Crippen LogP) is 7.86. The Morgan fingerprint density at radius 3 is 2.41 bits per heavy atom. The van der Waals surface area contributed by atoms with Crippen LogP contribution in [-0.4, -0.2) is 30.5 Å². The Labute approximate surface area is 231 Å². The Morgan fingerprint density at radius 1 is 1.05 bits per heavy atom. The van der Waals surface area contributed by atoms with Crippen LogP contribution in [0.15, 0.2) is 77.4 Å². The van der Waals surface area contributed by atoms with Gasteiger partial charge in [0.1, 0.15) is 10.8 Å². The number of piperidine rings is 1. The van der Waals surface area contributed by atoms with Crippen LogP contribution < -0.4 is 10.1 Å². The third-order valence-electron chi connectivity index (χ3n) is 7.48. The van der Waals surface area contributed by atoms with Crippen molar-refractivity contribution in [3.05, 3.63) is 106 Å². The third-order valence-corrected chi connectivity index (χ3v) is 8.62. The molecule has 1 saturated heterocycles. The number of rotatable bonds is 9. The quantitative estimate of drug-likeness (QED) is 0.231. The maximum atomic E-state index is 12.9. The number of anilines is 1. The number of hydrogen-bond acceptors (Lipinski definition) is 5. The molecule has 2 aromatic heterocycles. The molecule has 5 rings (SSSR count). The van der Waals surface area contributed by atoms with Crippen LogP contribution in [-0.2, 0) is 6.42 Å². The Morgan fingerprint density at radius 2 is 1.77 bits per heavy atom. The Bertz CT molecular complexity index is 1360. The molecule has 4 aromatic rings. The molecule has 1 amide bonds. The molecule has 0 saturated carbocycles. The van der Waals surface area contributed by atoms with E-state index in [-0.39, 0.29) is 23.5 Å². The van der Waals surface area contributed by atoms with Gasteiger partial charge in [0.05, 0.1) is 12.3 Å². The van der Waals surface area contributed by atoms with Crippen LogP contribution in [0.4, 0.5) is 13.8 Å². The highest BCUT2D eigenvalue weighted by molar-refractivity contribution is 7.16. The van der Waals surface area contributed by atoms with Crippen LogP contribution in [0.5, 0.6) is 5.75 Å². The fourth-order valence-electron chi connectivity index (χ4n) is 5.39. The van der Waals surface area contributed by atoms with Gasteiger partial charge in [-0.05, 0) is 93.1 Å². The summed E-state index contributed by atoms with van der Waals surface area (Å²) in [5.74, 6) is 0.660. The summed E-state index contributed by atoms with van der Waals surface area (Å²) in [6.07, 6.45) is 4.63. The first-order valence-electron chi connectivity index (χ1n) is 13.2. The van der Waals surface area contributed by atoms with Crippen molar-refractivity contribution < 1.29 is 22.7 Å². The molecule has 5 nitrogen and oxygen atoms in total. The molecule has 2 aromatic carbocycles. The first-order valence-corrected chi connectivity index (χ1v) is 14.0. The second-order valence-corrected chi connectivity index (χ2v) is 11.2. The zero-order valence-electron chi connectivity index (χ0n) is 22.0. The predicted molar refractivity (Wildman–Crippen MR) is 150 cm³/mol. The number of ether oxygens (including phenoxy) is 1. The maximum absolute atomic E-state index is 12.9. The first kappa shape index (κ1) is 27.1. The average Bonchev–Trinajstić information content (AvgIpc) is 3.56. The lowest BCUT2D eigenvalue weighted by molar-refractivity contribution is -0.0498. The molecular formula is C31H32F2N2O3S. The van der Waals surface area contributed by atoms with Crippen LogP contribution in [0.2, 0.25) is 0 Å². The number of alkyl halides is 2. The summed E-state index contributed by atoms with van der Waals surface area (Å²) in [5, 5.41) is 3.85. The largest absolute Gasteiger partial charge is 0.459 e. The van der Waals surface area contributed by atoms with Crippen molar-refractivity contribution in [2.24, 2.45) is 5.92 Å². The number of carbonyl (C=O) groups excluding carboxylic acids is 1. The van der Waals surface area contributed by atoms with Gasteiger partial charge in [-0.3, -0.25) is 9.69 Å². The summed E-state index contributed by atoms with van der Waals surface area (Å²) < 4.78 is 35.5. The lowest BCUT2D eigenvalue weighted by atomic mass is 9.87. The zero-order valence-corrected chi connectivity index (χ0v) is 22.8. The molecule has 1 aliphatic rings. The van der Waals surface area contributed by atoms with E-state index in [1.165, 1.54) is 11.8 Å². The molecule has 39 heavy (non-hydrogen) atoms. The van der Waals surface area contributed by atoms with Gasteiger partial charge in [0, 0.05) is 10.4 Å². The second kappa shape index (κ2) is 12.1. The normalized spacial score (nSPS) is 15.4. The highest BCUT2D eigenvalue weighted by Crippen LogP contribution is 2.44. The van der Waals surface area contributed by atoms with Gasteiger partial charge in [0.15, 0.2) is 5.76 Å². The third kappa shape index (κ3) is 6.40. The van der Waals surface area contributed by atoms with E-state index in [4.69, 9.17) is 4.42 Å². The van der Waals surface area contributed by atoms with Crippen molar-refractivity contribution in [2.45, 2.75) is 45.8 Å². The Hall–Kier alpha value is -3.49. The van der Waals surface area contributed by atoms with Gasteiger partial charge in [-0.15, -0.1) is 11.3 Å². The first-order chi connectivity index (χ1) is 18.9. The number of nitrogens with zero attached hydrogens (tertiary/aromatic N) is 1. The minimum atomic E-state index is -2.87. The molecule has 0 unspecified atom stereocenters. The summed E-state index contributed by atoms with van der Waals surface area (Å²) in [6.45, 7) is 3.02. The Kier molecular flexibility index (Phi) is 8.43. The van der Waals surface area contributed by atoms with Crippen molar-refractivity contribution in [3.63, 3.8) is 0 Å². The van der Waals surface area contributed by atoms with E-state index in [1.807, 2.05) is 18.2 Å². The van der Waals surface area contributed by atoms with Gasteiger partial charge >= 0.3 is 6.61 Å². The fourth-order valence-corrected chi connectivity index (χ4v) is 6.48. The summed E-state index contributed by atoms with van der Waals surface area (Å²) in [4.78, 5) is 16.5. The highest BCUT2D eigenvalue weighted by atomic mass is 32.1. The SMILES string of the molecule is Cc1sc(NC(=O)c2ccco2)c([C@@H](c2ccc(OC(F)F)cc2)N2CCC(Cc3ccccc3)CC2)c1C. The van der Waals surface area contributed by atoms with Crippen LogP contribution in [0.3, 0.4) is 0 Å². The molecule has 3 heterocycles. The number of furan rings is 1. The van der Waals surface area contributed by atoms with E-state index in [2.05, 4.69) is 53.1 Å². The van der Waals surface area contributed by atoms with Crippen LogP contribution in [0, 0.1) is 19.8 Å². The minimum absolute atomic E-state index is 0.124. The van der Waals surface area contributed by atoms with E-state index in [0.29, 0.717) is 5.92 Å². The maximum Gasteiger partial charge on any atom is 0.387 e. The number of hydrogen-bond donors (Lipinski definition) is 1. The van der Waals surface area contributed by atoms with Gasteiger partial charge in [-0.2, -0.15) is 8.78 Å². The smallest absolute Gasteiger partial charge is 0.387 e. The van der Waals surface area contributed by atoms with Gasteiger partial charge in [-0.25, -0.2) is 0 Å². The molecule has 0 aliphatic carbocycles. The average molecular weight is 551 g/mol.